The highest BCUT2D eigenvalue weighted by Crippen LogP contribution is 2.34. The lowest BCUT2D eigenvalue weighted by molar-refractivity contribution is -0.0396. The van der Waals surface area contributed by atoms with E-state index in [0.29, 0.717) is 29.6 Å². The molecule has 7 heteroatoms. The summed E-state index contributed by atoms with van der Waals surface area (Å²) in [5.74, 6) is 0. The van der Waals surface area contributed by atoms with Gasteiger partial charge in [0.25, 0.3) is 0 Å². The Kier molecular flexibility index (Phi) is 5.10. The van der Waals surface area contributed by atoms with Crippen molar-refractivity contribution in [2.24, 2.45) is 5.73 Å². The van der Waals surface area contributed by atoms with E-state index in [1.165, 1.54) is 0 Å². The van der Waals surface area contributed by atoms with Gasteiger partial charge in [-0.1, -0.05) is 29.3 Å². The number of rotatable bonds is 3. The molecular weight excluding hydrogens is 301 g/mol. The summed E-state index contributed by atoms with van der Waals surface area (Å²) in [6.07, 6.45) is 0.700. The molecule has 1 aromatic carbocycles. The largest absolute Gasteiger partial charge is 0.367 e. The van der Waals surface area contributed by atoms with Crippen molar-refractivity contribution in [2.45, 2.75) is 12.0 Å². The van der Waals surface area contributed by atoms with Crippen molar-refractivity contribution in [3.05, 3.63) is 33.8 Å². The molecule has 1 aliphatic rings. The molecule has 1 fully saturated rings. The van der Waals surface area contributed by atoms with Crippen LogP contribution in [0, 0.1) is 0 Å². The number of carbonyl (C=O) groups excluding carboxylic acids is 1. The highest BCUT2D eigenvalue weighted by molar-refractivity contribution is 6.42. The standard InChI is InChI=1S/C13H17Cl2N3O2/c14-10-2-1-9(7-11(10)15)13(8-18-12(16)19)3-4-17-5-6-20-13/h1-2,7,17H,3-6,8H2,(H3,16,18,19). The molecule has 4 N–H and O–H groups in total. The summed E-state index contributed by atoms with van der Waals surface area (Å²) >= 11 is 12.0. The molecule has 1 saturated heterocycles. The van der Waals surface area contributed by atoms with Crippen LogP contribution in [0.3, 0.4) is 0 Å². The van der Waals surface area contributed by atoms with E-state index >= 15 is 0 Å². The van der Waals surface area contributed by atoms with Gasteiger partial charge in [-0.25, -0.2) is 4.79 Å². The van der Waals surface area contributed by atoms with Gasteiger partial charge in [0, 0.05) is 6.54 Å². The lowest BCUT2D eigenvalue weighted by Crippen LogP contribution is -2.45. The van der Waals surface area contributed by atoms with Crippen LogP contribution >= 0.6 is 23.2 Å². The molecule has 110 valence electrons. The van der Waals surface area contributed by atoms with Crippen LogP contribution in [0.1, 0.15) is 12.0 Å². The summed E-state index contributed by atoms with van der Waals surface area (Å²) in [4.78, 5) is 11.0. The Hall–Kier alpha value is -1.01. The number of amides is 2. The first-order chi connectivity index (χ1) is 9.53. The molecule has 1 aromatic rings. The molecule has 1 unspecified atom stereocenters. The summed E-state index contributed by atoms with van der Waals surface area (Å²) < 4.78 is 5.99. The molecule has 1 atom stereocenters. The number of primary amides is 1. The van der Waals surface area contributed by atoms with Gasteiger partial charge in [-0.2, -0.15) is 0 Å². The van der Waals surface area contributed by atoms with Gasteiger partial charge in [-0.15, -0.1) is 0 Å². The smallest absolute Gasteiger partial charge is 0.312 e. The van der Waals surface area contributed by atoms with Crippen molar-refractivity contribution in [1.82, 2.24) is 10.6 Å². The second-order valence-electron chi connectivity index (χ2n) is 4.69. The topological polar surface area (TPSA) is 76.4 Å². The number of halogens is 2. The Morgan fingerprint density at radius 3 is 2.90 bits per heavy atom. The number of urea groups is 1. The molecule has 0 saturated carbocycles. The third-order valence-electron chi connectivity index (χ3n) is 3.36. The maximum Gasteiger partial charge on any atom is 0.312 e. The lowest BCUT2D eigenvalue weighted by Gasteiger charge is -2.33. The minimum absolute atomic E-state index is 0.294. The SMILES string of the molecule is NC(=O)NCC1(c2ccc(Cl)c(Cl)c2)CCNCCO1. The van der Waals surface area contributed by atoms with Crippen molar-refractivity contribution in [1.29, 1.82) is 0 Å². The Balaban J connectivity index is 2.32. The number of hydrogen-bond acceptors (Lipinski definition) is 3. The van der Waals surface area contributed by atoms with Crippen LogP contribution in [-0.4, -0.2) is 32.3 Å². The summed E-state index contributed by atoms with van der Waals surface area (Å²) in [6.45, 7) is 2.38. The van der Waals surface area contributed by atoms with Crippen LogP contribution in [0.15, 0.2) is 18.2 Å². The van der Waals surface area contributed by atoms with Gasteiger partial charge in [0.2, 0.25) is 0 Å². The minimum Gasteiger partial charge on any atom is -0.367 e. The fourth-order valence-electron chi connectivity index (χ4n) is 2.28. The fourth-order valence-corrected chi connectivity index (χ4v) is 2.58. The van der Waals surface area contributed by atoms with E-state index in [2.05, 4.69) is 10.6 Å². The quantitative estimate of drug-likeness (QED) is 0.796. The number of nitrogens with two attached hydrogens (primary N) is 1. The van der Waals surface area contributed by atoms with Crippen molar-refractivity contribution in [2.75, 3.05) is 26.2 Å². The normalized spacial score (nSPS) is 23.1. The number of carbonyl (C=O) groups is 1. The molecular formula is C13H17Cl2N3O2. The second kappa shape index (κ2) is 6.63. The predicted octanol–water partition coefficient (Wildman–Crippen LogP) is 1.87. The maximum absolute atomic E-state index is 11.0. The summed E-state index contributed by atoms with van der Waals surface area (Å²) in [6, 6.07) is 4.79. The molecule has 0 radical (unpaired) electrons. The van der Waals surface area contributed by atoms with Gasteiger partial charge in [0.1, 0.15) is 5.60 Å². The molecule has 1 heterocycles. The molecule has 5 nitrogen and oxygen atoms in total. The van der Waals surface area contributed by atoms with E-state index in [0.717, 1.165) is 18.7 Å². The number of benzene rings is 1. The number of hydrogen-bond donors (Lipinski definition) is 3. The second-order valence-corrected chi connectivity index (χ2v) is 5.50. The highest BCUT2D eigenvalue weighted by atomic mass is 35.5. The van der Waals surface area contributed by atoms with E-state index < -0.39 is 11.6 Å². The highest BCUT2D eigenvalue weighted by Gasteiger charge is 2.35. The monoisotopic (exact) mass is 317 g/mol. The first-order valence-corrected chi connectivity index (χ1v) is 7.13. The van der Waals surface area contributed by atoms with Gasteiger partial charge in [-0.05, 0) is 30.7 Å². The van der Waals surface area contributed by atoms with Crippen molar-refractivity contribution >= 4 is 29.2 Å². The molecule has 20 heavy (non-hydrogen) atoms. The Bertz CT molecular complexity index is 489. The molecule has 0 aliphatic carbocycles. The molecule has 0 aromatic heterocycles. The van der Waals surface area contributed by atoms with E-state index in [9.17, 15) is 4.79 Å². The minimum atomic E-state index is -0.646. The maximum atomic E-state index is 11.0. The summed E-state index contributed by atoms with van der Waals surface area (Å²) in [5.41, 5.74) is 5.40. The Morgan fingerprint density at radius 2 is 2.20 bits per heavy atom. The molecule has 2 rings (SSSR count). The third-order valence-corrected chi connectivity index (χ3v) is 4.10. The molecule has 0 bridgehead atoms. The van der Waals surface area contributed by atoms with Gasteiger partial charge < -0.3 is 21.1 Å². The van der Waals surface area contributed by atoms with Gasteiger partial charge in [-0.3, -0.25) is 0 Å². The third kappa shape index (κ3) is 3.55. The number of nitrogens with one attached hydrogen (secondary N) is 2. The van der Waals surface area contributed by atoms with Gasteiger partial charge in [0.15, 0.2) is 0 Å². The zero-order chi connectivity index (χ0) is 14.6. The first-order valence-electron chi connectivity index (χ1n) is 6.37. The van der Waals surface area contributed by atoms with E-state index in [-0.39, 0.29) is 0 Å². The fraction of sp³-hybridized carbons (Fsp3) is 0.462. The first kappa shape index (κ1) is 15.4. The van der Waals surface area contributed by atoms with Gasteiger partial charge >= 0.3 is 6.03 Å². The Morgan fingerprint density at radius 1 is 1.40 bits per heavy atom. The van der Waals surface area contributed by atoms with Crippen LogP contribution in [0.4, 0.5) is 4.79 Å². The van der Waals surface area contributed by atoms with Crippen molar-refractivity contribution in [3.63, 3.8) is 0 Å². The molecule has 1 aliphatic heterocycles. The average molecular weight is 318 g/mol. The summed E-state index contributed by atoms with van der Waals surface area (Å²) in [5, 5.41) is 6.83. The predicted molar refractivity (Wildman–Crippen MR) is 79.2 cm³/mol. The van der Waals surface area contributed by atoms with Crippen LogP contribution < -0.4 is 16.4 Å². The average Bonchev–Trinajstić information content (AvgIpc) is 2.66. The van der Waals surface area contributed by atoms with Crippen LogP contribution in [-0.2, 0) is 10.3 Å². The van der Waals surface area contributed by atoms with Gasteiger partial charge in [0.05, 0.1) is 23.2 Å². The van der Waals surface area contributed by atoms with E-state index in [1.54, 1.807) is 12.1 Å². The number of ether oxygens (including phenoxy) is 1. The zero-order valence-corrected chi connectivity index (χ0v) is 12.4. The van der Waals surface area contributed by atoms with Crippen LogP contribution in [0.25, 0.3) is 0 Å². The van der Waals surface area contributed by atoms with E-state index in [1.807, 2.05) is 6.07 Å². The van der Waals surface area contributed by atoms with Crippen molar-refractivity contribution in [3.8, 4) is 0 Å². The van der Waals surface area contributed by atoms with Crippen molar-refractivity contribution < 1.29 is 9.53 Å². The lowest BCUT2D eigenvalue weighted by atomic mass is 9.90. The molecule has 2 amide bonds. The van der Waals surface area contributed by atoms with Crippen LogP contribution in [0.5, 0.6) is 0 Å². The zero-order valence-electron chi connectivity index (χ0n) is 10.9. The van der Waals surface area contributed by atoms with E-state index in [4.69, 9.17) is 33.7 Å². The Labute approximate surface area is 127 Å². The summed E-state index contributed by atoms with van der Waals surface area (Å²) in [7, 11) is 0. The molecule has 0 spiro atoms. The van der Waals surface area contributed by atoms with Crippen LogP contribution in [0.2, 0.25) is 10.0 Å².